The summed E-state index contributed by atoms with van der Waals surface area (Å²) in [6.07, 6.45) is 0. The molecule has 10 heteroatoms. The predicted octanol–water partition coefficient (Wildman–Crippen LogP) is 0.576. The van der Waals surface area contributed by atoms with Crippen LogP contribution >= 0.6 is 0 Å². The number of likely N-dealkylation sites (N-methyl/N-ethyl adjacent to an activating group) is 1. The Morgan fingerprint density at radius 1 is 1.50 bits per heavy atom. The quantitative estimate of drug-likeness (QED) is 0.584. The number of hydrogen-bond donors (Lipinski definition) is 2. The molecule has 0 aliphatic rings. The second-order valence-corrected chi connectivity index (χ2v) is 5.79. The summed E-state index contributed by atoms with van der Waals surface area (Å²) in [5, 5.41) is 19.2. The molecular formula is C10H13N3O6S. The highest BCUT2D eigenvalue weighted by atomic mass is 32.2. The number of nitro benzene ring substituents is 1. The van der Waals surface area contributed by atoms with Gasteiger partial charge in [0.25, 0.3) is 5.69 Å². The Hall–Kier alpha value is -2.20. The molecule has 0 amide bonds. The van der Waals surface area contributed by atoms with Crippen LogP contribution in [0.4, 0.5) is 11.4 Å². The number of anilines is 1. The first kappa shape index (κ1) is 15.9. The van der Waals surface area contributed by atoms with E-state index in [9.17, 15) is 23.3 Å². The first-order valence-electron chi connectivity index (χ1n) is 5.34. The van der Waals surface area contributed by atoms with E-state index in [2.05, 4.69) is 4.72 Å². The van der Waals surface area contributed by atoms with Crippen molar-refractivity contribution in [3.8, 4) is 0 Å². The number of carboxylic acids is 1. The van der Waals surface area contributed by atoms with Crippen molar-refractivity contribution in [3.05, 3.63) is 33.9 Å². The molecule has 110 valence electrons. The minimum absolute atomic E-state index is 0.0245. The lowest BCUT2D eigenvalue weighted by molar-refractivity contribution is -0.384. The maximum Gasteiger partial charge on any atom is 0.318 e. The summed E-state index contributed by atoms with van der Waals surface area (Å²) in [6, 6.07) is 3.71. The summed E-state index contributed by atoms with van der Waals surface area (Å²) in [5.74, 6) is -1.31. The number of benzene rings is 1. The molecule has 0 aliphatic heterocycles. The van der Waals surface area contributed by atoms with Gasteiger partial charge in [-0.1, -0.05) is 6.07 Å². The second kappa shape index (κ2) is 5.84. The fourth-order valence-corrected chi connectivity index (χ4v) is 2.26. The number of hydrogen-bond acceptors (Lipinski definition) is 5. The highest BCUT2D eigenvalue weighted by Gasteiger charge is 2.21. The van der Waals surface area contributed by atoms with E-state index in [1.165, 1.54) is 12.1 Å². The van der Waals surface area contributed by atoms with Crippen molar-refractivity contribution < 1.29 is 23.2 Å². The van der Waals surface area contributed by atoms with Gasteiger partial charge >= 0.3 is 16.2 Å². The number of rotatable bonds is 6. The van der Waals surface area contributed by atoms with E-state index in [0.717, 1.165) is 13.1 Å². The van der Waals surface area contributed by atoms with E-state index in [4.69, 9.17) is 5.11 Å². The molecule has 0 bridgehead atoms. The number of aryl methyl sites for hydroxylation is 1. The van der Waals surface area contributed by atoms with Crippen LogP contribution in [0.3, 0.4) is 0 Å². The molecule has 0 atom stereocenters. The lowest BCUT2D eigenvalue weighted by atomic mass is 10.2. The summed E-state index contributed by atoms with van der Waals surface area (Å²) in [5.41, 5.74) is 0.230. The largest absolute Gasteiger partial charge is 0.480 e. The third-order valence-corrected chi connectivity index (χ3v) is 3.87. The highest BCUT2D eigenvalue weighted by Crippen LogP contribution is 2.23. The molecule has 0 radical (unpaired) electrons. The number of nitrogens with one attached hydrogen (secondary N) is 1. The first-order chi connectivity index (χ1) is 9.13. The van der Waals surface area contributed by atoms with Crippen molar-refractivity contribution in [1.29, 1.82) is 0 Å². The van der Waals surface area contributed by atoms with Gasteiger partial charge in [-0.25, -0.2) is 0 Å². The maximum atomic E-state index is 11.9. The molecule has 0 saturated carbocycles. The Morgan fingerprint density at radius 3 is 2.60 bits per heavy atom. The summed E-state index contributed by atoms with van der Waals surface area (Å²) >= 11 is 0. The van der Waals surface area contributed by atoms with Crippen molar-refractivity contribution in [3.63, 3.8) is 0 Å². The zero-order valence-electron chi connectivity index (χ0n) is 10.7. The highest BCUT2D eigenvalue weighted by molar-refractivity contribution is 7.90. The zero-order valence-corrected chi connectivity index (χ0v) is 11.5. The van der Waals surface area contributed by atoms with Crippen molar-refractivity contribution in [2.75, 3.05) is 18.3 Å². The predicted molar refractivity (Wildman–Crippen MR) is 70.6 cm³/mol. The Bertz CT molecular complexity index is 642. The van der Waals surface area contributed by atoms with Crippen LogP contribution in [-0.4, -0.2) is 42.3 Å². The third-order valence-electron chi connectivity index (χ3n) is 2.44. The van der Waals surface area contributed by atoms with E-state index in [1.54, 1.807) is 6.92 Å². The molecule has 9 nitrogen and oxygen atoms in total. The lowest BCUT2D eigenvalue weighted by Crippen LogP contribution is -2.36. The Kier molecular flexibility index (Phi) is 4.63. The van der Waals surface area contributed by atoms with E-state index in [-0.39, 0.29) is 11.4 Å². The number of nitrogens with zero attached hydrogens (tertiary/aromatic N) is 2. The molecule has 1 aromatic rings. The molecule has 0 fully saturated rings. The number of non-ortho nitro benzene ring substituents is 1. The van der Waals surface area contributed by atoms with Crippen LogP contribution in [-0.2, 0) is 15.0 Å². The average molecular weight is 303 g/mol. The van der Waals surface area contributed by atoms with Gasteiger partial charge in [0, 0.05) is 19.2 Å². The van der Waals surface area contributed by atoms with Gasteiger partial charge < -0.3 is 5.11 Å². The van der Waals surface area contributed by atoms with E-state index >= 15 is 0 Å². The van der Waals surface area contributed by atoms with Gasteiger partial charge in [-0.3, -0.25) is 19.6 Å². The lowest BCUT2D eigenvalue weighted by Gasteiger charge is -2.17. The van der Waals surface area contributed by atoms with Gasteiger partial charge in [-0.15, -0.1) is 0 Å². The van der Waals surface area contributed by atoms with Crippen LogP contribution in [0.1, 0.15) is 5.56 Å². The topological polar surface area (TPSA) is 130 Å². The number of carbonyl (C=O) groups is 1. The van der Waals surface area contributed by atoms with E-state index in [1.807, 2.05) is 0 Å². The van der Waals surface area contributed by atoms with Crippen LogP contribution in [0.25, 0.3) is 0 Å². The summed E-state index contributed by atoms with van der Waals surface area (Å²) in [4.78, 5) is 20.5. The Balaban J connectivity index is 3.06. The SMILES string of the molecule is Cc1ccc([N+](=O)[O-])cc1NS(=O)(=O)N(C)CC(=O)O. The zero-order chi connectivity index (χ0) is 15.5. The maximum absolute atomic E-state index is 11.9. The molecule has 0 aromatic heterocycles. The number of carboxylic acid groups (broad SMARTS) is 1. The van der Waals surface area contributed by atoms with Crippen LogP contribution < -0.4 is 4.72 Å². The summed E-state index contributed by atoms with van der Waals surface area (Å²) in [6.45, 7) is 0.849. The normalized spacial score (nSPS) is 11.3. The third kappa shape index (κ3) is 3.90. The summed E-state index contributed by atoms with van der Waals surface area (Å²) < 4.78 is 26.4. The fourth-order valence-electron chi connectivity index (χ4n) is 1.33. The Labute approximate surface area is 115 Å². The molecule has 1 rings (SSSR count). The van der Waals surface area contributed by atoms with Gasteiger partial charge in [0.05, 0.1) is 10.6 Å². The van der Waals surface area contributed by atoms with E-state index in [0.29, 0.717) is 9.87 Å². The second-order valence-electron chi connectivity index (χ2n) is 4.01. The minimum Gasteiger partial charge on any atom is -0.480 e. The molecule has 1 aromatic carbocycles. The van der Waals surface area contributed by atoms with Gasteiger partial charge in [-0.2, -0.15) is 12.7 Å². The standard InChI is InChI=1S/C10H13N3O6S/c1-7-3-4-8(13(16)17)5-9(7)11-20(18,19)12(2)6-10(14)15/h3-5,11H,6H2,1-2H3,(H,14,15). The van der Waals surface area contributed by atoms with Gasteiger partial charge in [0.2, 0.25) is 0 Å². The molecular weight excluding hydrogens is 290 g/mol. The molecule has 0 spiro atoms. The molecule has 20 heavy (non-hydrogen) atoms. The van der Waals surface area contributed by atoms with Crippen LogP contribution in [0.5, 0.6) is 0 Å². The summed E-state index contributed by atoms with van der Waals surface area (Å²) in [7, 11) is -3.01. The van der Waals surface area contributed by atoms with Gasteiger partial charge in [0.1, 0.15) is 6.54 Å². The molecule has 0 heterocycles. The number of aliphatic carboxylic acids is 1. The Morgan fingerprint density at radius 2 is 2.10 bits per heavy atom. The van der Waals surface area contributed by atoms with E-state index < -0.39 is 27.6 Å². The monoisotopic (exact) mass is 303 g/mol. The molecule has 0 aliphatic carbocycles. The molecule has 0 saturated heterocycles. The van der Waals surface area contributed by atoms with Gasteiger partial charge in [0.15, 0.2) is 0 Å². The van der Waals surface area contributed by atoms with Crippen molar-refractivity contribution in [2.24, 2.45) is 0 Å². The van der Waals surface area contributed by atoms with Crippen molar-refractivity contribution >= 4 is 27.6 Å². The average Bonchev–Trinajstić information content (AvgIpc) is 2.30. The fraction of sp³-hybridized carbons (Fsp3) is 0.300. The molecule has 0 unspecified atom stereocenters. The van der Waals surface area contributed by atoms with Crippen LogP contribution in [0.2, 0.25) is 0 Å². The molecule has 2 N–H and O–H groups in total. The first-order valence-corrected chi connectivity index (χ1v) is 6.78. The van der Waals surface area contributed by atoms with Crippen LogP contribution in [0.15, 0.2) is 18.2 Å². The smallest absolute Gasteiger partial charge is 0.318 e. The van der Waals surface area contributed by atoms with Crippen molar-refractivity contribution in [2.45, 2.75) is 6.92 Å². The van der Waals surface area contributed by atoms with Crippen LogP contribution in [0, 0.1) is 17.0 Å². The van der Waals surface area contributed by atoms with Crippen molar-refractivity contribution in [1.82, 2.24) is 4.31 Å². The minimum atomic E-state index is -4.09. The number of nitro groups is 1. The van der Waals surface area contributed by atoms with Gasteiger partial charge in [-0.05, 0) is 12.5 Å².